The van der Waals surface area contributed by atoms with Crippen molar-refractivity contribution in [1.29, 1.82) is 0 Å². The minimum absolute atomic E-state index is 0.0000561. The highest BCUT2D eigenvalue weighted by Crippen LogP contribution is 2.24. The van der Waals surface area contributed by atoms with Crippen LogP contribution in [0.1, 0.15) is 43.9 Å². The lowest BCUT2D eigenvalue weighted by atomic mass is 9.99. The average Bonchev–Trinajstić information content (AvgIpc) is 3.04. The first kappa shape index (κ1) is 20.8. The number of hydrogen-bond donors (Lipinski definition) is 2. The molecule has 1 saturated heterocycles. The largest absolute Gasteiger partial charge is 0.370 e. The van der Waals surface area contributed by atoms with E-state index in [1.165, 1.54) is 12.5 Å². The Bertz CT molecular complexity index is 830. The minimum atomic E-state index is -0.628. The van der Waals surface area contributed by atoms with E-state index in [1.807, 2.05) is 6.07 Å². The molecule has 2 N–H and O–H groups in total. The highest BCUT2D eigenvalue weighted by atomic mass is 16.2. The molecule has 2 aliphatic rings. The van der Waals surface area contributed by atoms with Gasteiger partial charge in [-0.2, -0.15) is 0 Å². The van der Waals surface area contributed by atoms with E-state index in [4.69, 9.17) is 6.42 Å². The summed E-state index contributed by atoms with van der Waals surface area (Å²) in [6, 6.07) is 3.54. The van der Waals surface area contributed by atoms with Crippen LogP contribution in [0.4, 0.5) is 5.82 Å². The van der Waals surface area contributed by atoms with E-state index in [9.17, 15) is 14.4 Å². The van der Waals surface area contributed by atoms with Crippen LogP contribution in [-0.4, -0.2) is 53.2 Å². The lowest BCUT2D eigenvalue weighted by molar-refractivity contribution is -0.135. The Balaban J connectivity index is 1.48. The number of aromatic nitrogens is 1. The van der Waals surface area contributed by atoms with E-state index in [0.717, 1.165) is 50.2 Å². The zero-order valence-corrected chi connectivity index (χ0v) is 16.9. The topological polar surface area (TPSA) is 91.4 Å². The minimum Gasteiger partial charge on any atom is -0.370 e. The summed E-state index contributed by atoms with van der Waals surface area (Å²) in [7, 11) is 0. The monoisotopic (exact) mass is 396 g/mol. The van der Waals surface area contributed by atoms with Gasteiger partial charge in [-0.15, -0.1) is 6.42 Å². The van der Waals surface area contributed by atoms with Crippen molar-refractivity contribution in [3.05, 3.63) is 23.4 Å². The van der Waals surface area contributed by atoms with Gasteiger partial charge in [-0.3, -0.25) is 14.4 Å². The van der Waals surface area contributed by atoms with Crippen LogP contribution in [-0.2, 0) is 27.2 Å². The maximum atomic E-state index is 12.6. The highest BCUT2D eigenvalue weighted by Gasteiger charge is 2.32. The molecule has 0 aliphatic carbocycles. The Morgan fingerprint density at radius 1 is 1.45 bits per heavy atom. The van der Waals surface area contributed by atoms with E-state index in [1.54, 1.807) is 4.90 Å². The molecule has 0 bridgehead atoms. The summed E-state index contributed by atoms with van der Waals surface area (Å²) in [5, 5.41) is 5.97. The Hall–Kier alpha value is -2.88. The fourth-order valence-electron chi connectivity index (χ4n) is 3.91. The van der Waals surface area contributed by atoms with E-state index in [-0.39, 0.29) is 36.5 Å². The normalized spacial score (nSPS) is 19.1. The molecule has 1 aromatic rings. The third-order valence-corrected chi connectivity index (χ3v) is 5.47. The number of aryl methyl sites for hydroxylation is 2. The maximum Gasteiger partial charge on any atom is 0.240 e. The molecule has 2 atom stereocenters. The summed E-state index contributed by atoms with van der Waals surface area (Å²) in [5.41, 5.74) is 2.24. The van der Waals surface area contributed by atoms with Gasteiger partial charge in [0.25, 0.3) is 0 Å². The fourth-order valence-corrected chi connectivity index (χ4v) is 3.91. The van der Waals surface area contributed by atoms with Crippen LogP contribution in [0.2, 0.25) is 0 Å². The van der Waals surface area contributed by atoms with Crippen molar-refractivity contribution in [2.24, 2.45) is 5.92 Å². The Morgan fingerprint density at radius 3 is 3.03 bits per heavy atom. The number of hydrogen-bond acceptors (Lipinski definition) is 5. The molecule has 3 rings (SSSR count). The van der Waals surface area contributed by atoms with Crippen molar-refractivity contribution in [1.82, 2.24) is 15.2 Å². The second kappa shape index (κ2) is 9.55. The summed E-state index contributed by atoms with van der Waals surface area (Å²) >= 11 is 0. The first-order valence-corrected chi connectivity index (χ1v) is 10.2. The second-order valence-electron chi connectivity index (χ2n) is 7.82. The van der Waals surface area contributed by atoms with Crippen LogP contribution in [0.3, 0.4) is 0 Å². The van der Waals surface area contributed by atoms with Crippen LogP contribution in [0.25, 0.3) is 0 Å². The zero-order chi connectivity index (χ0) is 20.8. The first-order chi connectivity index (χ1) is 14.0. The molecule has 29 heavy (non-hydrogen) atoms. The number of Topliss-reactive ketones (excluding diaryl/α,β-unsaturated/α-hetero) is 1. The smallest absolute Gasteiger partial charge is 0.240 e. The standard InChI is InChI=1S/C22H28N4O3/c1-3-18(13-15(2)27)24-20(28)14-26-12-10-17(22(26)29)7-9-19-8-6-16-5-4-11-23-21(16)25-19/h1,6,8,17-18H,4-5,7,9-14H2,2H3,(H,23,25)(H,24,28)/t17-,18-/m1/s1. The van der Waals surface area contributed by atoms with Crippen LogP contribution in [0, 0.1) is 18.3 Å². The van der Waals surface area contributed by atoms with E-state index < -0.39 is 6.04 Å². The van der Waals surface area contributed by atoms with Crippen LogP contribution >= 0.6 is 0 Å². The molecule has 154 valence electrons. The molecule has 1 fully saturated rings. The molecule has 0 radical (unpaired) electrons. The SMILES string of the molecule is C#C[C@H](CC(C)=O)NC(=O)CN1CC[C@@H](CCc2ccc3c(n2)NCCC3)C1=O. The van der Waals surface area contributed by atoms with Gasteiger partial charge < -0.3 is 15.5 Å². The van der Waals surface area contributed by atoms with E-state index in [2.05, 4.69) is 27.6 Å². The Labute approximate surface area is 171 Å². The Morgan fingerprint density at radius 2 is 2.28 bits per heavy atom. The number of rotatable bonds is 8. The molecule has 1 aromatic heterocycles. The molecule has 0 unspecified atom stereocenters. The van der Waals surface area contributed by atoms with Gasteiger partial charge in [0.15, 0.2) is 0 Å². The molecule has 0 saturated carbocycles. The van der Waals surface area contributed by atoms with Crippen molar-refractivity contribution in [2.75, 3.05) is 25.0 Å². The number of anilines is 1. The molecule has 7 heteroatoms. The third-order valence-electron chi connectivity index (χ3n) is 5.47. The number of fused-ring (bicyclic) bond motifs is 1. The number of nitrogens with one attached hydrogen (secondary N) is 2. The van der Waals surface area contributed by atoms with Gasteiger partial charge in [0, 0.05) is 31.1 Å². The predicted molar refractivity (Wildman–Crippen MR) is 110 cm³/mol. The van der Waals surface area contributed by atoms with Crippen molar-refractivity contribution >= 4 is 23.4 Å². The van der Waals surface area contributed by atoms with Gasteiger partial charge in [-0.1, -0.05) is 12.0 Å². The first-order valence-electron chi connectivity index (χ1n) is 10.2. The molecular formula is C22H28N4O3. The number of pyridine rings is 1. The molecule has 2 amide bonds. The number of likely N-dealkylation sites (tertiary alicyclic amines) is 1. The highest BCUT2D eigenvalue weighted by molar-refractivity contribution is 5.88. The van der Waals surface area contributed by atoms with Gasteiger partial charge in [-0.05, 0) is 50.7 Å². The molecule has 2 aliphatic heterocycles. The number of ketones is 1. The lowest BCUT2D eigenvalue weighted by Crippen LogP contribution is -2.43. The number of nitrogens with zero attached hydrogens (tertiary/aromatic N) is 2. The van der Waals surface area contributed by atoms with Crippen LogP contribution < -0.4 is 10.6 Å². The third kappa shape index (κ3) is 5.57. The van der Waals surface area contributed by atoms with E-state index >= 15 is 0 Å². The number of terminal acetylenes is 1. The quantitative estimate of drug-likeness (QED) is 0.647. The number of amides is 2. The Kier molecular flexibility index (Phi) is 6.86. The van der Waals surface area contributed by atoms with E-state index in [0.29, 0.717) is 6.54 Å². The van der Waals surface area contributed by atoms with Crippen LogP contribution in [0.15, 0.2) is 12.1 Å². The number of carbonyl (C=O) groups is 3. The predicted octanol–water partition coefficient (Wildman–Crippen LogP) is 1.32. The maximum absolute atomic E-state index is 12.6. The number of carbonyl (C=O) groups excluding carboxylic acids is 3. The van der Waals surface area contributed by atoms with Crippen molar-refractivity contribution in [2.45, 2.75) is 51.5 Å². The van der Waals surface area contributed by atoms with Crippen LogP contribution in [0.5, 0.6) is 0 Å². The van der Waals surface area contributed by atoms with Gasteiger partial charge in [0.05, 0.1) is 12.6 Å². The lowest BCUT2D eigenvalue weighted by Gasteiger charge is -2.19. The van der Waals surface area contributed by atoms with Crippen molar-refractivity contribution in [3.63, 3.8) is 0 Å². The van der Waals surface area contributed by atoms with Gasteiger partial charge in [-0.25, -0.2) is 4.98 Å². The summed E-state index contributed by atoms with van der Waals surface area (Å²) in [6.07, 6.45) is 9.84. The van der Waals surface area contributed by atoms with Gasteiger partial charge in [0.1, 0.15) is 11.6 Å². The molecular weight excluding hydrogens is 368 g/mol. The van der Waals surface area contributed by atoms with Crippen molar-refractivity contribution in [3.8, 4) is 12.3 Å². The zero-order valence-electron chi connectivity index (χ0n) is 16.9. The second-order valence-corrected chi connectivity index (χ2v) is 7.82. The molecule has 7 nitrogen and oxygen atoms in total. The van der Waals surface area contributed by atoms with Gasteiger partial charge in [0.2, 0.25) is 11.8 Å². The molecule has 0 aromatic carbocycles. The molecule has 0 spiro atoms. The average molecular weight is 396 g/mol. The van der Waals surface area contributed by atoms with Crippen molar-refractivity contribution < 1.29 is 14.4 Å². The van der Waals surface area contributed by atoms with Gasteiger partial charge >= 0.3 is 0 Å². The summed E-state index contributed by atoms with van der Waals surface area (Å²) in [4.78, 5) is 42.3. The molecule has 3 heterocycles. The summed E-state index contributed by atoms with van der Waals surface area (Å²) in [6.45, 7) is 2.92. The fraction of sp³-hybridized carbons (Fsp3) is 0.545. The summed E-state index contributed by atoms with van der Waals surface area (Å²) < 4.78 is 0. The summed E-state index contributed by atoms with van der Waals surface area (Å²) in [5.74, 6) is 2.87.